The molecular weight excluding hydrogens is 276 g/mol. The number of aromatic nitrogens is 1. The number of amides is 1. The van der Waals surface area contributed by atoms with E-state index in [0.717, 1.165) is 64.2 Å². The molecule has 1 aromatic heterocycles. The van der Waals surface area contributed by atoms with Crippen LogP contribution in [0.1, 0.15) is 36.2 Å². The molecule has 0 bridgehead atoms. The number of hydrogen-bond acceptors (Lipinski definition) is 3. The van der Waals surface area contributed by atoms with Crippen LogP contribution in [0.3, 0.4) is 0 Å². The van der Waals surface area contributed by atoms with E-state index in [1.54, 1.807) is 0 Å². The minimum absolute atomic E-state index is 0.174. The molecule has 0 spiro atoms. The van der Waals surface area contributed by atoms with Crippen molar-refractivity contribution < 1.29 is 4.79 Å². The first-order chi connectivity index (χ1) is 10.7. The summed E-state index contributed by atoms with van der Waals surface area (Å²) in [7, 11) is 2.19. The summed E-state index contributed by atoms with van der Waals surface area (Å²) in [6.07, 6.45) is 6.48. The minimum atomic E-state index is 0.174. The highest BCUT2D eigenvalue weighted by Crippen LogP contribution is 2.22. The second-order valence-electron chi connectivity index (χ2n) is 6.67. The fourth-order valence-electron chi connectivity index (χ4n) is 3.59. The normalized spacial score (nSPS) is 24.6. The Morgan fingerprint density at radius 2 is 2.05 bits per heavy atom. The zero-order valence-corrected chi connectivity index (χ0v) is 13.6. The zero-order valence-electron chi connectivity index (χ0n) is 13.6. The van der Waals surface area contributed by atoms with Crippen LogP contribution in [0.25, 0.3) is 0 Å². The van der Waals surface area contributed by atoms with Crippen molar-refractivity contribution in [1.82, 2.24) is 19.7 Å². The van der Waals surface area contributed by atoms with Gasteiger partial charge in [0, 0.05) is 51.5 Å². The average Bonchev–Trinajstić information content (AvgIpc) is 3.08. The number of H-pyrrole nitrogens is 1. The molecule has 0 saturated carbocycles. The Balaban J connectivity index is 1.55. The van der Waals surface area contributed by atoms with Gasteiger partial charge >= 0.3 is 0 Å². The Morgan fingerprint density at radius 3 is 2.77 bits per heavy atom. The number of likely N-dealkylation sites (tertiary alicyclic amines) is 1. The predicted molar refractivity (Wildman–Crippen MR) is 88.0 cm³/mol. The molecule has 1 N–H and O–H groups in total. The molecule has 1 amide bonds. The van der Waals surface area contributed by atoms with Gasteiger partial charge in [0.25, 0.3) is 5.91 Å². The van der Waals surface area contributed by atoms with Crippen molar-refractivity contribution in [2.75, 3.05) is 46.3 Å². The Hall–Kier alpha value is -1.33. The third kappa shape index (κ3) is 3.70. The van der Waals surface area contributed by atoms with Crippen LogP contribution < -0.4 is 0 Å². The van der Waals surface area contributed by atoms with E-state index in [9.17, 15) is 4.79 Å². The number of piperazine rings is 1. The summed E-state index contributed by atoms with van der Waals surface area (Å²) in [4.78, 5) is 22.7. The number of rotatable bonds is 4. The first-order valence-electron chi connectivity index (χ1n) is 8.59. The highest BCUT2D eigenvalue weighted by atomic mass is 16.2. The topological polar surface area (TPSA) is 42.6 Å². The molecular formula is C17H28N4O. The van der Waals surface area contributed by atoms with Gasteiger partial charge in [0.15, 0.2) is 0 Å². The van der Waals surface area contributed by atoms with Crippen LogP contribution in [0, 0.1) is 0 Å². The first-order valence-corrected chi connectivity index (χ1v) is 8.59. The van der Waals surface area contributed by atoms with Gasteiger partial charge in [-0.15, -0.1) is 0 Å². The molecule has 0 radical (unpaired) electrons. The minimum Gasteiger partial charge on any atom is -0.357 e. The molecule has 5 heteroatoms. The van der Waals surface area contributed by atoms with E-state index in [1.807, 2.05) is 18.3 Å². The van der Waals surface area contributed by atoms with E-state index in [2.05, 4.69) is 26.7 Å². The summed E-state index contributed by atoms with van der Waals surface area (Å²) in [6.45, 7) is 6.67. The van der Waals surface area contributed by atoms with Crippen LogP contribution in [-0.2, 0) is 0 Å². The van der Waals surface area contributed by atoms with Gasteiger partial charge in [-0.25, -0.2) is 0 Å². The van der Waals surface area contributed by atoms with Gasteiger partial charge < -0.3 is 19.7 Å². The van der Waals surface area contributed by atoms with Crippen LogP contribution in [0.5, 0.6) is 0 Å². The van der Waals surface area contributed by atoms with E-state index < -0.39 is 0 Å². The van der Waals surface area contributed by atoms with Crippen LogP contribution in [0.2, 0.25) is 0 Å². The summed E-state index contributed by atoms with van der Waals surface area (Å²) in [5.74, 6) is 0.174. The van der Waals surface area contributed by atoms with Gasteiger partial charge in [-0.05, 0) is 44.9 Å². The molecule has 0 unspecified atom stereocenters. The Labute approximate surface area is 133 Å². The lowest BCUT2D eigenvalue weighted by atomic mass is 9.98. The molecule has 5 nitrogen and oxygen atoms in total. The van der Waals surface area contributed by atoms with E-state index in [4.69, 9.17) is 0 Å². The van der Waals surface area contributed by atoms with E-state index in [-0.39, 0.29) is 5.91 Å². The molecule has 2 aliphatic heterocycles. The van der Waals surface area contributed by atoms with Crippen molar-refractivity contribution in [3.05, 3.63) is 24.0 Å². The van der Waals surface area contributed by atoms with Gasteiger partial charge in [-0.2, -0.15) is 0 Å². The fourth-order valence-corrected chi connectivity index (χ4v) is 3.59. The largest absolute Gasteiger partial charge is 0.357 e. The maximum atomic E-state index is 12.6. The van der Waals surface area contributed by atoms with Crippen molar-refractivity contribution in [2.45, 2.75) is 31.7 Å². The third-order valence-corrected chi connectivity index (χ3v) is 5.09. The molecule has 1 aromatic rings. The van der Waals surface area contributed by atoms with Crippen molar-refractivity contribution in [2.24, 2.45) is 0 Å². The molecule has 2 aliphatic rings. The van der Waals surface area contributed by atoms with Gasteiger partial charge in [-0.1, -0.05) is 0 Å². The monoisotopic (exact) mass is 304 g/mol. The number of piperidine rings is 1. The van der Waals surface area contributed by atoms with Crippen LogP contribution in [-0.4, -0.2) is 77.9 Å². The smallest absolute Gasteiger partial charge is 0.270 e. The molecule has 3 rings (SSSR count). The average molecular weight is 304 g/mol. The van der Waals surface area contributed by atoms with Crippen molar-refractivity contribution in [3.63, 3.8) is 0 Å². The summed E-state index contributed by atoms with van der Waals surface area (Å²) in [5, 5.41) is 0. The summed E-state index contributed by atoms with van der Waals surface area (Å²) >= 11 is 0. The number of likely N-dealkylation sites (N-methyl/N-ethyl adjacent to an activating group) is 1. The lowest BCUT2D eigenvalue weighted by Crippen LogP contribution is -2.48. The van der Waals surface area contributed by atoms with Crippen molar-refractivity contribution in [3.8, 4) is 0 Å². The zero-order chi connectivity index (χ0) is 15.4. The second-order valence-corrected chi connectivity index (χ2v) is 6.67. The fraction of sp³-hybridized carbons (Fsp3) is 0.706. The Morgan fingerprint density at radius 1 is 1.23 bits per heavy atom. The maximum absolute atomic E-state index is 12.6. The molecule has 2 saturated heterocycles. The van der Waals surface area contributed by atoms with E-state index >= 15 is 0 Å². The van der Waals surface area contributed by atoms with Gasteiger partial charge in [-0.3, -0.25) is 4.79 Å². The SMILES string of the molecule is CN1CCN(CC[C@H]2CCCCN2C(=O)c2ccc[nH]2)CC1. The molecule has 1 atom stereocenters. The molecule has 0 aliphatic carbocycles. The Kier molecular flexibility index (Phi) is 5.16. The number of aromatic amines is 1. The van der Waals surface area contributed by atoms with Crippen molar-refractivity contribution in [1.29, 1.82) is 0 Å². The molecule has 0 aromatic carbocycles. The van der Waals surface area contributed by atoms with Gasteiger partial charge in [0.1, 0.15) is 5.69 Å². The van der Waals surface area contributed by atoms with E-state index in [0.29, 0.717) is 6.04 Å². The quantitative estimate of drug-likeness (QED) is 0.920. The lowest BCUT2D eigenvalue weighted by molar-refractivity contribution is 0.0564. The molecule has 2 fully saturated rings. The number of carbonyl (C=O) groups excluding carboxylic acids is 1. The second kappa shape index (κ2) is 7.29. The highest BCUT2D eigenvalue weighted by Gasteiger charge is 2.28. The van der Waals surface area contributed by atoms with Gasteiger partial charge in [0.05, 0.1) is 0 Å². The predicted octanol–water partition coefficient (Wildman–Crippen LogP) is 1.65. The highest BCUT2D eigenvalue weighted by molar-refractivity contribution is 5.92. The van der Waals surface area contributed by atoms with Crippen molar-refractivity contribution >= 4 is 5.91 Å². The summed E-state index contributed by atoms with van der Waals surface area (Å²) < 4.78 is 0. The molecule has 22 heavy (non-hydrogen) atoms. The first kappa shape index (κ1) is 15.6. The number of carbonyl (C=O) groups is 1. The Bertz CT molecular complexity index is 465. The number of hydrogen-bond donors (Lipinski definition) is 1. The number of nitrogens with one attached hydrogen (secondary N) is 1. The summed E-state index contributed by atoms with van der Waals surface area (Å²) in [6, 6.07) is 4.19. The molecule has 122 valence electrons. The van der Waals surface area contributed by atoms with Gasteiger partial charge in [0.2, 0.25) is 0 Å². The van der Waals surface area contributed by atoms with Crippen LogP contribution in [0.15, 0.2) is 18.3 Å². The number of nitrogens with zero attached hydrogens (tertiary/aromatic N) is 3. The maximum Gasteiger partial charge on any atom is 0.270 e. The van der Waals surface area contributed by atoms with Crippen LogP contribution in [0.4, 0.5) is 0 Å². The molecule has 3 heterocycles. The lowest BCUT2D eigenvalue weighted by Gasteiger charge is -2.38. The standard InChI is InChI=1S/C17H28N4O/c1-19-11-13-20(14-12-19)10-7-15-5-2-3-9-21(15)17(22)16-6-4-8-18-16/h4,6,8,15,18H,2-3,5,7,9-14H2,1H3/t15-/m1/s1. The third-order valence-electron chi connectivity index (χ3n) is 5.09. The van der Waals surface area contributed by atoms with E-state index in [1.165, 1.54) is 6.42 Å². The summed E-state index contributed by atoms with van der Waals surface area (Å²) in [5.41, 5.74) is 0.728. The van der Waals surface area contributed by atoms with Crippen LogP contribution >= 0.6 is 0 Å².